The van der Waals surface area contributed by atoms with Crippen LogP contribution in [0, 0.1) is 5.92 Å². The third-order valence-corrected chi connectivity index (χ3v) is 3.60. The Morgan fingerprint density at radius 1 is 1.33 bits per heavy atom. The van der Waals surface area contributed by atoms with Crippen molar-refractivity contribution in [1.29, 1.82) is 0 Å². The summed E-state index contributed by atoms with van der Waals surface area (Å²) in [6, 6.07) is 1.47. The molecule has 2 heteroatoms. The number of nitrogens with one attached hydrogen (secondary N) is 1. The topological polar surface area (TPSA) is 15.3 Å². The highest BCUT2D eigenvalue weighted by molar-refractivity contribution is 4.88. The van der Waals surface area contributed by atoms with Crippen LogP contribution in [0.3, 0.4) is 0 Å². The molecule has 0 bridgehead atoms. The summed E-state index contributed by atoms with van der Waals surface area (Å²) in [5.41, 5.74) is 0. The van der Waals surface area contributed by atoms with Crippen molar-refractivity contribution in [2.24, 2.45) is 5.92 Å². The van der Waals surface area contributed by atoms with Gasteiger partial charge in [-0.15, -0.1) is 0 Å². The average molecular weight is 212 g/mol. The molecule has 2 atom stereocenters. The highest BCUT2D eigenvalue weighted by atomic mass is 15.2. The quantitative estimate of drug-likeness (QED) is 0.665. The normalized spacial score (nSPS) is 20.6. The second kappa shape index (κ2) is 6.49. The Hall–Kier alpha value is -0.0800. The van der Waals surface area contributed by atoms with Crippen LogP contribution in [0.4, 0.5) is 0 Å². The van der Waals surface area contributed by atoms with Crippen LogP contribution in [0.5, 0.6) is 0 Å². The fourth-order valence-corrected chi connectivity index (χ4v) is 2.27. The second-order valence-electron chi connectivity index (χ2n) is 5.08. The van der Waals surface area contributed by atoms with Crippen molar-refractivity contribution in [3.63, 3.8) is 0 Å². The fourth-order valence-electron chi connectivity index (χ4n) is 2.27. The molecular formula is C13H28N2. The Balaban J connectivity index is 2.29. The first-order chi connectivity index (χ1) is 7.19. The van der Waals surface area contributed by atoms with Crippen molar-refractivity contribution in [3.8, 4) is 0 Å². The van der Waals surface area contributed by atoms with E-state index in [4.69, 9.17) is 0 Å². The monoisotopic (exact) mass is 212 g/mol. The molecule has 90 valence electrons. The van der Waals surface area contributed by atoms with E-state index < -0.39 is 0 Å². The molecule has 0 spiro atoms. The molecule has 0 amide bonds. The van der Waals surface area contributed by atoms with E-state index in [0.717, 1.165) is 24.5 Å². The lowest BCUT2D eigenvalue weighted by molar-refractivity contribution is 0.210. The molecule has 1 aliphatic carbocycles. The van der Waals surface area contributed by atoms with Crippen molar-refractivity contribution in [1.82, 2.24) is 10.2 Å². The molecule has 1 saturated carbocycles. The Labute approximate surface area is 95.4 Å². The molecule has 0 aromatic rings. The van der Waals surface area contributed by atoms with Crippen LogP contribution in [0.25, 0.3) is 0 Å². The predicted molar refractivity (Wildman–Crippen MR) is 67.2 cm³/mol. The average Bonchev–Trinajstić information content (AvgIpc) is 3.00. The third kappa shape index (κ3) is 4.52. The Morgan fingerprint density at radius 3 is 2.47 bits per heavy atom. The Kier molecular flexibility index (Phi) is 5.62. The largest absolute Gasteiger partial charge is 0.313 e. The van der Waals surface area contributed by atoms with Gasteiger partial charge in [0.05, 0.1) is 0 Å². The SMILES string of the molecule is CCCC(C)N(C)CC(NCC)C1CC1. The van der Waals surface area contributed by atoms with Gasteiger partial charge in [0.2, 0.25) is 0 Å². The van der Waals surface area contributed by atoms with Crippen LogP contribution in [0.15, 0.2) is 0 Å². The molecular weight excluding hydrogens is 184 g/mol. The van der Waals surface area contributed by atoms with Gasteiger partial charge in [0, 0.05) is 18.6 Å². The molecule has 1 rings (SSSR count). The number of rotatable bonds is 8. The van der Waals surface area contributed by atoms with Crippen LogP contribution in [-0.2, 0) is 0 Å². The molecule has 0 heterocycles. The summed E-state index contributed by atoms with van der Waals surface area (Å²) in [5.74, 6) is 0.959. The van der Waals surface area contributed by atoms with Gasteiger partial charge in [-0.25, -0.2) is 0 Å². The maximum absolute atomic E-state index is 3.63. The van der Waals surface area contributed by atoms with Gasteiger partial charge in [-0.1, -0.05) is 20.3 Å². The third-order valence-electron chi connectivity index (χ3n) is 3.60. The second-order valence-corrected chi connectivity index (χ2v) is 5.08. The molecule has 1 N–H and O–H groups in total. The summed E-state index contributed by atoms with van der Waals surface area (Å²) in [6.07, 6.45) is 5.49. The number of hydrogen-bond acceptors (Lipinski definition) is 2. The van der Waals surface area contributed by atoms with Crippen molar-refractivity contribution in [3.05, 3.63) is 0 Å². The van der Waals surface area contributed by atoms with Gasteiger partial charge in [0.1, 0.15) is 0 Å². The molecule has 1 fully saturated rings. The van der Waals surface area contributed by atoms with E-state index in [-0.39, 0.29) is 0 Å². The first kappa shape index (κ1) is 13.0. The first-order valence-electron chi connectivity index (χ1n) is 6.62. The van der Waals surface area contributed by atoms with Crippen LogP contribution in [-0.4, -0.2) is 37.1 Å². The first-order valence-corrected chi connectivity index (χ1v) is 6.62. The molecule has 2 nitrogen and oxygen atoms in total. The zero-order valence-electron chi connectivity index (χ0n) is 10.9. The number of hydrogen-bond donors (Lipinski definition) is 1. The summed E-state index contributed by atoms with van der Waals surface area (Å²) in [4.78, 5) is 2.52. The molecule has 0 saturated heterocycles. The van der Waals surface area contributed by atoms with E-state index in [9.17, 15) is 0 Å². The zero-order valence-corrected chi connectivity index (χ0v) is 10.9. The summed E-state index contributed by atoms with van der Waals surface area (Å²) in [6.45, 7) is 9.16. The van der Waals surface area contributed by atoms with Gasteiger partial charge in [0.25, 0.3) is 0 Å². The highest BCUT2D eigenvalue weighted by Gasteiger charge is 2.31. The maximum Gasteiger partial charge on any atom is 0.0223 e. The van der Waals surface area contributed by atoms with Gasteiger partial charge in [-0.2, -0.15) is 0 Å². The van der Waals surface area contributed by atoms with Crippen LogP contribution in [0.2, 0.25) is 0 Å². The Bertz CT molecular complexity index is 166. The van der Waals surface area contributed by atoms with E-state index in [1.807, 2.05) is 0 Å². The smallest absolute Gasteiger partial charge is 0.0223 e. The number of likely N-dealkylation sites (N-methyl/N-ethyl adjacent to an activating group) is 2. The van der Waals surface area contributed by atoms with Gasteiger partial charge in [-0.3, -0.25) is 0 Å². The summed E-state index contributed by atoms with van der Waals surface area (Å²) in [5, 5.41) is 3.63. The van der Waals surface area contributed by atoms with E-state index in [0.29, 0.717) is 0 Å². The molecule has 2 unspecified atom stereocenters. The lowest BCUT2D eigenvalue weighted by Gasteiger charge is -2.29. The molecule has 0 aliphatic heterocycles. The minimum Gasteiger partial charge on any atom is -0.313 e. The minimum atomic E-state index is 0.731. The lowest BCUT2D eigenvalue weighted by Crippen LogP contribution is -2.44. The molecule has 15 heavy (non-hydrogen) atoms. The summed E-state index contributed by atoms with van der Waals surface area (Å²) < 4.78 is 0. The van der Waals surface area contributed by atoms with Crippen LogP contribution >= 0.6 is 0 Å². The van der Waals surface area contributed by atoms with Gasteiger partial charge in [0.15, 0.2) is 0 Å². The minimum absolute atomic E-state index is 0.731. The van der Waals surface area contributed by atoms with Gasteiger partial charge in [-0.05, 0) is 45.7 Å². The summed E-state index contributed by atoms with van der Waals surface area (Å²) >= 11 is 0. The van der Waals surface area contributed by atoms with Gasteiger partial charge < -0.3 is 10.2 Å². The molecule has 0 radical (unpaired) electrons. The van der Waals surface area contributed by atoms with E-state index in [1.165, 1.54) is 32.2 Å². The van der Waals surface area contributed by atoms with Crippen molar-refractivity contribution in [2.45, 2.75) is 58.5 Å². The van der Waals surface area contributed by atoms with Crippen molar-refractivity contribution < 1.29 is 0 Å². The fraction of sp³-hybridized carbons (Fsp3) is 1.00. The Morgan fingerprint density at radius 2 is 2.00 bits per heavy atom. The number of nitrogens with zero attached hydrogens (tertiary/aromatic N) is 1. The van der Waals surface area contributed by atoms with Crippen LogP contribution < -0.4 is 5.32 Å². The van der Waals surface area contributed by atoms with Crippen molar-refractivity contribution in [2.75, 3.05) is 20.1 Å². The van der Waals surface area contributed by atoms with E-state index in [1.54, 1.807) is 0 Å². The summed E-state index contributed by atoms with van der Waals surface area (Å²) in [7, 11) is 2.27. The van der Waals surface area contributed by atoms with Crippen LogP contribution in [0.1, 0.15) is 46.5 Å². The zero-order chi connectivity index (χ0) is 11.3. The van der Waals surface area contributed by atoms with Crippen molar-refractivity contribution >= 4 is 0 Å². The molecule has 0 aromatic carbocycles. The van der Waals surface area contributed by atoms with Gasteiger partial charge >= 0.3 is 0 Å². The molecule has 0 aromatic heterocycles. The predicted octanol–water partition coefficient (Wildman–Crippen LogP) is 2.49. The van der Waals surface area contributed by atoms with E-state index in [2.05, 4.69) is 38.0 Å². The highest BCUT2D eigenvalue weighted by Crippen LogP contribution is 2.33. The standard InChI is InChI=1S/C13H28N2/c1-5-7-11(3)15(4)10-13(14-6-2)12-8-9-12/h11-14H,5-10H2,1-4H3. The van der Waals surface area contributed by atoms with E-state index >= 15 is 0 Å². The lowest BCUT2D eigenvalue weighted by atomic mass is 10.1. The maximum atomic E-state index is 3.63. The molecule has 1 aliphatic rings.